The van der Waals surface area contributed by atoms with Crippen LogP contribution in [-0.2, 0) is 22.7 Å². The molecule has 3 atom stereocenters. The van der Waals surface area contributed by atoms with Gasteiger partial charge in [0.1, 0.15) is 41.3 Å². The van der Waals surface area contributed by atoms with E-state index < -0.39 is 23.7 Å². The van der Waals surface area contributed by atoms with Crippen molar-refractivity contribution < 1.29 is 32.7 Å². The summed E-state index contributed by atoms with van der Waals surface area (Å²) in [6.45, 7) is 6.74. The minimum absolute atomic E-state index is 0.0974. The minimum atomic E-state index is -0.628. The summed E-state index contributed by atoms with van der Waals surface area (Å²) < 4.78 is 36.8. The number of piperidine rings is 2. The summed E-state index contributed by atoms with van der Waals surface area (Å²) in [5, 5.41) is 10.6. The molecule has 0 spiro atoms. The predicted octanol–water partition coefficient (Wildman–Crippen LogP) is 4.55. The highest BCUT2D eigenvalue weighted by molar-refractivity contribution is 6.05. The van der Waals surface area contributed by atoms with Crippen molar-refractivity contribution in [3.05, 3.63) is 119 Å². The summed E-state index contributed by atoms with van der Waals surface area (Å²) in [5.74, 6) is -0.127. The number of hydrogen-bond acceptors (Lipinski definition) is 12. The molecule has 342 valence electrons. The number of aromatic nitrogens is 4. The molecule has 3 saturated heterocycles. The minimum Gasteiger partial charge on any atom is -0.496 e. The number of nitrogens with zero attached hydrogens (tertiary/aromatic N) is 8. The molecule has 18 heteroatoms. The Morgan fingerprint density at radius 3 is 2.42 bits per heavy atom. The van der Waals surface area contributed by atoms with Crippen LogP contribution < -0.4 is 30.9 Å². The molecule has 2 unspecified atom stereocenters. The van der Waals surface area contributed by atoms with Crippen molar-refractivity contribution in [2.45, 2.75) is 32.0 Å². The standard InChI is InChI=1S/C49H47F2N11O5/c1-67-41-12-6-30(50)19-34(41)47(64)53-21-27-2-4-28(5-3-27)44-43-45(52)54-26-55-46(43)62(57-44)32-8-10-39(38(51)20-32)60-24-36-35(37(36)25-60)23-58-14-16-59(17-15-58)31-7-9-33-29(18-31)22-61(49(33)66)40-11-13-42(63)56-48(40)65/h2-10,12,18-20,26,35-37,40H,11,13-17,21-25H2,1H3,(H,53,64)(H2,52,54,55)(H,56,63,65)/t35?,36?,37?,40-/m0/s1. The van der Waals surface area contributed by atoms with Crippen LogP contribution in [0.4, 0.5) is 26.0 Å². The maximum absolute atomic E-state index is 16.1. The maximum Gasteiger partial charge on any atom is 0.255 e. The zero-order valence-corrected chi connectivity index (χ0v) is 36.6. The van der Waals surface area contributed by atoms with Gasteiger partial charge in [-0.15, -0.1) is 0 Å². The van der Waals surface area contributed by atoms with Crippen LogP contribution in [0.15, 0.2) is 85.2 Å². The van der Waals surface area contributed by atoms with E-state index in [9.17, 15) is 23.6 Å². The maximum atomic E-state index is 16.1. The molecular formula is C49H47F2N11O5. The van der Waals surface area contributed by atoms with E-state index >= 15 is 4.39 Å². The van der Waals surface area contributed by atoms with E-state index in [0.717, 1.165) is 74.3 Å². The van der Waals surface area contributed by atoms with E-state index in [1.54, 1.807) is 9.58 Å². The molecule has 6 aromatic rings. The number of nitrogens with one attached hydrogen (secondary N) is 2. The molecule has 1 saturated carbocycles. The number of carbonyl (C=O) groups excluding carboxylic acids is 4. The van der Waals surface area contributed by atoms with E-state index in [4.69, 9.17) is 15.6 Å². The molecule has 4 aliphatic heterocycles. The number of benzene rings is 4. The smallest absolute Gasteiger partial charge is 0.255 e. The summed E-state index contributed by atoms with van der Waals surface area (Å²) in [4.78, 5) is 67.5. The molecule has 0 radical (unpaired) electrons. The SMILES string of the molecule is COc1ccc(F)cc1C(=O)NCc1ccc(-c2nn(-c3ccc(N4CC5C(CN6CCN(c7ccc8c(c7)CN([C@H]7CCC(=O)NC7=O)C8=O)CC6)C5C4)c(F)c3)c3ncnc(N)c23)cc1. The van der Waals surface area contributed by atoms with Crippen molar-refractivity contribution in [3.8, 4) is 22.7 Å². The van der Waals surface area contributed by atoms with Gasteiger partial charge in [-0.05, 0) is 83.8 Å². The molecule has 1 aliphatic carbocycles. The second-order valence-electron chi connectivity index (χ2n) is 18.0. The number of nitrogens with two attached hydrogens (primary N) is 1. The van der Waals surface area contributed by atoms with Gasteiger partial charge in [-0.25, -0.2) is 23.4 Å². The van der Waals surface area contributed by atoms with Crippen LogP contribution in [0.25, 0.3) is 28.0 Å². The van der Waals surface area contributed by atoms with Crippen molar-refractivity contribution in [1.29, 1.82) is 0 Å². The lowest BCUT2D eigenvalue weighted by Crippen LogP contribution is -2.52. The molecule has 6 heterocycles. The number of methoxy groups -OCH3 is 1. The fraction of sp³-hybridized carbons (Fsp3) is 0.327. The highest BCUT2D eigenvalue weighted by atomic mass is 19.1. The van der Waals surface area contributed by atoms with Gasteiger partial charge >= 0.3 is 0 Å². The second-order valence-corrected chi connectivity index (χ2v) is 18.0. The molecule has 0 bridgehead atoms. The monoisotopic (exact) mass is 907 g/mol. The van der Waals surface area contributed by atoms with Gasteiger partial charge in [0.05, 0.1) is 29.4 Å². The predicted molar refractivity (Wildman–Crippen MR) is 244 cm³/mol. The first-order chi connectivity index (χ1) is 32.5. The summed E-state index contributed by atoms with van der Waals surface area (Å²) in [5.41, 5.74) is 12.6. The Bertz CT molecular complexity index is 2980. The Morgan fingerprint density at radius 2 is 1.67 bits per heavy atom. The molecule has 4 amide bonds. The molecule has 2 aromatic heterocycles. The van der Waals surface area contributed by atoms with Crippen LogP contribution in [0.2, 0.25) is 0 Å². The molecular weight excluding hydrogens is 861 g/mol. The third kappa shape index (κ3) is 7.73. The molecule has 5 aliphatic rings. The van der Waals surface area contributed by atoms with Crippen molar-refractivity contribution >= 4 is 51.9 Å². The Labute approximate surface area is 383 Å². The molecule has 4 fully saturated rings. The first-order valence-corrected chi connectivity index (χ1v) is 22.5. The normalized spacial score (nSPS) is 21.4. The Balaban J connectivity index is 0.698. The number of nitrogen functional groups attached to an aromatic ring is 1. The van der Waals surface area contributed by atoms with Crippen molar-refractivity contribution in [2.24, 2.45) is 17.8 Å². The van der Waals surface area contributed by atoms with Crippen LogP contribution in [0, 0.1) is 29.4 Å². The number of halogens is 2. The fourth-order valence-corrected chi connectivity index (χ4v) is 10.5. The summed E-state index contributed by atoms with van der Waals surface area (Å²) in [6, 6.07) is 21.6. The van der Waals surface area contributed by atoms with Gasteiger partial charge in [0.2, 0.25) is 11.8 Å². The molecule has 16 nitrogen and oxygen atoms in total. The van der Waals surface area contributed by atoms with E-state index in [0.29, 0.717) is 64.4 Å². The quantitative estimate of drug-likeness (QED) is 0.155. The topological polar surface area (TPSA) is 184 Å². The number of anilines is 3. The van der Waals surface area contributed by atoms with Gasteiger partial charge in [-0.1, -0.05) is 24.3 Å². The second kappa shape index (κ2) is 16.8. The van der Waals surface area contributed by atoms with E-state index in [1.165, 1.54) is 31.6 Å². The number of piperazine rings is 1. The van der Waals surface area contributed by atoms with Crippen LogP contribution >= 0.6 is 0 Å². The molecule has 11 rings (SSSR count). The van der Waals surface area contributed by atoms with E-state index in [1.807, 2.05) is 48.5 Å². The largest absolute Gasteiger partial charge is 0.496 e. The lowest BCUT2D eigenvalue weighted by atomic mass is 10.0. The zero-order chi connectivity index (χ0) is 46.1. The number of hydrogen-bond donors (Lipinski definition) is 3. The average Bonchev–Trinajstić information content (AvgIpc) is 3.66. The first-order valence-electron chi connectivity index (χ1n) is 22.5. The van der Waals surface area contributed by atoms with Gasteiger partial charge in [-0.2, -0.15) is 5.10 Å². The Hall–Kier alpha value is -7.47. The number of amides is 4. The lowest BCUT2D eigenvalue weighted by molar-refractivity contribution is -0.136. The number of imide groups is 1. The highest BCUT2D eigenvalue weighted by Gasteiger charge is 2.56. The Morgan fingerprint density at radius 1 is 0.896 bits per heavy atom. The zero-order valence-electron chi connectivity index (χ0n) is 36.6. The summed E-state index contributed by atoms with van der Waals surface area (Å²) in [6.07, 6.45) is 1.93. The van der Waals surface area contributed by atoms with Gasteiger partial charge in [0.15, 0.2) is 5.65 Å². The van der Waals surface area contributed by atoms with Crippen molar-refractivity contribution in [3.63, 3.8) is 0 Å². The number of carbonyl (C=O) groups is 4. The lowest BCUT2D eigenvalue weighted by Gasteiger charge is -2.37. The van der Waals surface area contributed by atoms with Crippen LogP contribution in [0.5, 0.6) is 5.75 Å². The first kappa shape index (κ1) is 42.2. The third-order valence-electron chi connectivity index (χ3n) is 14.2. The Kier molecular flexibility index (Phi) is 10.5. The molecule has 4 aromatic carbocycles. The summed E-state index contributed by atoms with van der Waals surface area (Å²) in [7, 11) is 1.42. The third-order valence-corrected chi connectivity index (χ3v) is 14.2. The van der Waals surface area contributed by atoms with Gasteiger partial charge in [-0.3, -0.25) is 29.4 Å². The average molecular weight is 908 g/mol. The molecule has 4 N–H and O–H groups in total. The number of fused-ring (bicyclic) bond motifs is 3. The van der Waals surface area contributed by atoms with E-state index in [2.05, 4.69) is 41.4 Å². The van der Waals surface area contributed by atoms with Gasteiger partial charge in [0.25, 0.3) is 11.8 Å². The van der Waals surface area contributed by atoms with E-state index in [-0.39, 0.29) is 47.7 Å². The van der Waals surface area contributed by atoms with Crippen LogP contribution in [-0.4, -0.2) is 112 Å². The highest BCUT2D eigenvalue weighted by Crippen LogP contribution is 2.53. The summed E-state index contributed by atoms with van der Waals surface area (Å²) >= 11 is 0. The van der Waals surface area contributed by atoms with Crippen LogP contribution in [0.3, 0.4) is 0 Å². The number of ether oxygens (including phenoxy) is 1. The van der Waals surface area contributed by atoms with Gasteiger partial charge in [0, 0.05) is 88.2 Å². The fourth-order valence-electron chi connectivity index (χ4n) is 10.5. The van der Waals surface area contributed by atoms with Crippen molar-refractivity contribution in [1.82, 2.24) is 40.2 Å². The molecule has 67 heavy (non-hydrogen) atoms. The number of rotatable bonds is 11. The van der Waals surface area contributed by atoms with Gasteiger partial charge < -0.3 is 30.5 Å². The van der Waals surface area contributed by atoms with Crippen molar-refractivity contribution in [2.75, 3.05) is 68.5 Å². The van der Waals surface area contributed by atoms with Crippen LogP contribution in [0.1, 0.15) is 44.7 Å².